The summed E-state index contributed by atoms with van der Waals surface area (Å²) in [6, 6.07) is 5.08. The number of amides is 1. The lowest BCUT2D eigenvalue weighted by Gasteiger charge is -2.21. The van der Waals surface area contributed by atoms with Crippen molar-refractivity contribution >= 4 is 11.9 Å². The first-order valence-electron chi connectivity index (χ1n) is 6.31. The molecule has 1 amide bonds. The van der Waals surface area contributed by atoms with E-state index < -0.39 is 23.7 Å². The molecule has 5 nitrogen and oxygen atoms in total. The molecule has 0 bridgehead atoms. The lowest BCUT2D eigenvalue weighted by molar-refractivity contribution is -0.148. The molecule has 0 aromatic heterocycles. The average molecular weight is 281 g/mol. The molecule has 1 aliphatic heterocycles. The Morgan fingerprint density at radius 1 is 1.45 bits per heavy atom. The lowest BCUT2D eigenvalue weighted by atomic mass is 10.1. The Hall–Kier alpha value is -1.95. The predicted molar refractivity (Wildman–Crippen MR) is 68.7 cm³/mol. The van der Waals surface area contributed by atoms with E-state index in [1.807, 2.05) is 0 Å². The van der Waals surface area contributed by atoms with Crippen LogP contribution >= 0.6 is 0 Å². The number of rotatable bonds is 4. The van der Waals surface area contributed by atoms with Crippen LogP contribution < -0.4 is 0 Å². The number of methoxy groups -OCH3 is 1. The first-order valence-corrected chi connectivity index (χ1v) is 6.31. The third kappa shape index (κ3) is 2.96. The number of nitrogens with zero attached hydrogens (tertiary/aromatic N) is 1. The van der Waals surface area contributed by atoms with Crippen molar-refractivity contribution in [3.63, 3.8) is 0 Å². The van der Waals surface area contributed by atoms with Crippen molar-refractivity contribution in [3.8, 4) is 0 Å². The van der Waals surface area contributed by atoms with Crippen molar-refractivity contribution in [3.05, 3.63) is 35.6 Å². The second-order valence-electron chi connectivity index (χ2n) is 4.76. The van der Waals surface area contributed by atoms with Gasteiger partial charge in [0.25, 0.3) is 0 Å². The Morgan fingerprint density at radius 2 is 2.15 bits per heavy atom. The van der Waals surface area contributed by atoms with Gasteiger partial charge in [-0.3, -0.25) is 4.79 Å². The zero-order valence-electron chi connectivity index (χ0n) is 11.1. The van der Waals surface area contributed by atoms with Gasteiger partial charge in [0.1, 0.15) is 11.9 Å². The first-order chi connectivity index (χ1) is 9.52. The van der Waals surface area contributed by atoms with Gasteiger partial charge in [0.2, 0.25) is 5.91 Å². The Balaban J connectivity index is 2.11. The molecular formula is C14H16FNO4. The molecule has 0 radical (unpaired) electrons. The maximum Gasteiger partial charge on any atom is 0.326 e. The number of carbonyl (C=O) groups excluding carboxylic acids is 1. The van der Waals surface area contributed by atoms with Gasteiger partial charge in [-0.25, -0.2) is 9.18 Å². The number of carbonyl (C=O) groups is 2. The quantitative estimate of drug-likeness (QED) is 0.896. The Morgan fingerprint density at radius 3 is 2.75 bits per heavy atom. The second kappa shape index (κ2) is 6.00. The number of benzene rings is 1. The fourth-order valence-corrected chi connectivity index (χ4v) is 2.38. The number of carboxylic acid groups (broad SMARTS) is 1. The van der Waals surface area contributed by atoms with Gasteiger partial charge in [-0.15, -0.1) is 0 Å². The number of likely N-dealkylation sites (tertiary alicyclic amines) is 1. The fourth-order valence-electron chi connectivity index (χ4n) is 2.38. The van der Waals surface area contributed by atoms with Gasteiger partial charge in [0.15, 0.2) is 0 Å². The molecular weight excluding hydrogens is 265 g/mol. The van der Waals surface area contributed by atoms with Crippen LogP contribution in [0, 0.1) is 5.82 Å². The molecule has 108 valence electrons. The zero-order valence-corrected chi connectivity index (χ0v) is 11.1. The highest BCUT2D eigenvalue weighted by Crippen LogP contribution is 2.22. The molecule has 1 N–H and O–H groups in total. The third-order valence-corrected chi connectivity index (χ3v) is 3.50. The van der Waals surface area contributed by atoms with Crippen molar-refractivity contribution in [1.29, 1.82) is 0 Å². The van der Waals surface area contributed by atoms with E-state index in [2.05, 4.69) is 0 Å². The van der Waals surface area contributed by atoms with E-state index in [0.29, 0.717) is 0 Å². The van der Waals surface area contributed by atoms with Crippen LogP contribution in [-0.2, 0) is 20.7 Å². The highest BCUT2D eigenvalue weighted by molar-refractivity contribution is 5.85. The molecule has 6 heteroatoms. The summed E-state index contributed by atoms with van der Waals surface area (Å²) in [4.78, 5) is 24.6. The van der Waals surface area contributed by atoms with Crippen LogP contribution in [0.5, 0.6) is 0 Å². The molecule has 2 atom stereocenters. The highest BCUT2D eigenvalue weighted by Gasteiger charge is 2.39. The van der Waals surface area contributed by atoms with Gasteiger partial charge in [-0.1, -0.05) is 18.2 Å². The summed E-state index contributed by atoms with van der Waals surface area (Å²) >= 11 is 0. The van der Waals surface area contributed by atoms with Gasteiger partial charge < -0.3 is 14.7 Å². The number of aliphatic carboxylic acids is 1. The van der Waals surface area contributed by atoms with Gasteiger partial charge in [-0.05, 0) is 11.6 Å². The van der Waals surface area contributed by atoms with Gasteiger partial charge in [0.05, 0.1) is 12.5 Å². The monoisotopic (exact) mass is 281 g/mol. The minimum atomic E-state index is -1.06. The molecule has 0 saturated carbocycles. The van der Waals surface area contributed by atoms with E-state index >= 15 is 0 Å². The van der Waals surface area contributed by atoms with Gasteiger partial charge in [0, 0.05) is 20.1 Å². The molecule has 1 heterocycles. The Kier molecular flexibility index (Phi) is 4.34. The maximum absolute atomic E-state index is 13.5. The summed E-state index contributed by atoms with van der Waals surface area (Å²) in [5.74, 6) is -1.93. The standard InChI is InChI=1S/C14H16FNO4/c1-20-10-7-12(14(18)19)16(8-10)13(17)6-9-4-2-3-5-11(9)15/h2-5,10,12H,6-8H2,1H3,(H,18,19). The SMILES string of the molecule is COC1CC(C(=O)O)N(C(=O)Cc2ccccc2F)C1. The van der Waals surface area contributed by atoms with Crippen LogP contribution in [0.2, 0.25) is 0 Å². The molecule has 1 aromatic carbocycles. The molecule has 0 spiro atoms. The molecule has 2 rings (SSSR count). The van der Waals surface area contributed by atoms with Crippen LogP contribution in [0.25, 0.3) is 0 Å². The van der Waals surface area contributed by atoms with E-state index in [4.69, 9.17) is 9.84 Å². The number of carboxylic acids is 1. The van der Waals surface area contributed by atoms with E-state index in [0.717, 1.165) is 0 Å². The maximum atomic E-state index is 13.5. The Bertz CT molecular complexity index is 520. The van der Waals surface area contributed by atoms with Crippen LogP contribution in [0.1, 0.15) is 12.0 Å². The number of hydrogen-bond acceptors (Lipinski definition) is 3. The van der Waals surface area contributed by atoms with Crippen LogP contribution in [0.15, 0.2) is 24.3 Å². The van der Waals surface area contributed by atoms with Crippen molar-refractivity contribution in [1.82, 2.24) is 4.90 Å². The summed E-state index contributed by atoms with van der Waals surface area (Å²) in [6.07, 6.45) is -0.178. The topological polar surface area (TPSA) is 66.8 Å². The van der Waals surface area contributed by atoms with E-state index in [1.165, 1.54) is 24.1 Å². The summed E-state index contributed by atoms with van der Waals surface area (Å²) in [6.45, 7) is 0.223. The van der Waals surface area contributed by atoms with Crippen molar-refractivity contribution in [2.24, 2.45) is 0 Å². The third-order valence-electron chi connectivity index (χ3n) is 3.50. The molecule has 1 fully saturated rings. The molecule has 0 aliphatic carbocycles. The van der Waals surface area contributed by atoms with Crippen LogP contribution in [0.3, 0.4) is 0 Å². The summed E-state index contributed by atoms with van der Waals surface area (Å²) < 4.78 is 18.6. The summed E-state index contributed by atoms with van der Waals surface area (Å²) in [5, 5.41) is 9.14. The minimum Gasteiger partial charge on any atom is -0.480 e. The van der Waals surface area contributed by atoms with Gasteiger partial charge >= 0.3 is 5.97 Å². The smallest absolute Gasteiger partial charge is 0.326 e. The molecule has 20 heavy (non-hydrogen) atoms. The largest absolute Gasteiger partial charge is 0.480 e. The summed E-state index contributed by atoms with van der Waals surface area (Å²) in [7, 11) is 1.48. The number of hydrogen-bond donors (Lipinski definition) is 1. The molecule has 2 unspecified atom stereocenters. The van der Waals surface area contributed by atoms with Crippen LogP contribution in [-0.4, -0.2) is 47.7 Å². The predicted octanol–water partition coefficient (Wildman–Crippen LogP) is 1.07. The first kappa shape index (κ1) is 14.5. The highest BCUT2D eigenvalue weighted by atomic mass is 19.1. The van der Waals surface area contributed by atoms with Gasteiger partial charge in [-0.2, -0.15) is 0 Å². The number of halogens is 1. The van der Waals surface area contributed by atoms with Crippen molar-refractivity contribution < 1.29 is 23.8 Å². The van der Waals surface area contributed by atoms with E-state index in [9.17, 15) is 14.0 Å². The Labute approximate surface area is 116 Å². The second-order valence-corrected chi connectivity index (χ2v) is 4.76. The fraction of sp³-hybridized carbons (Fsp3) is 0.429. The number of ether oxygens (including phenoxy) is 1. The van der Waals surface area contributed by atoms with E-state index in [-0.39, 0.29) is 31.1 Å². The molecule has 1 saturated heterocycles. The normalized spacial score (nSPS) is 22.0. The molecule has 1 aliphatic rings. The van der Waals surface area contributed by atoms with E-state index in [1.54, 1.807) is 12.1 Å². The average Bonchev–Trinajstić information content (AvgIpc) is 2.86. The van der Waals surface area contributed by atoms with Crippen LogP contribution in [0.4, 0.5) is 4.39 Å². The van der Waals surface area contributed by atoms with Crippen molar-refractivity contribution in [2.45, 2.75) is 25.0 Å². The molecule has 1 aromatic rings. The van der Waals surface area contributed by atoms with Crippen molar-refractivity contribution in [2.75, 3.05) is 13.7 Å². The summed E-state index contributed by atoms with van der Waals surface area (Å²) in [5.41, 5.74) is 0.266. The zero-order chi connectivity index (χ0) is 14.7. The lowest BCUT2D eigenvalue weighted by Crippen LogP contribution is -2.41. The minimum absolute atomic E-state index is 0.146.